The molecule has 1 aromatic rings. The van der Waals surface area contributed by atoms with E-state index in [9.17, 15) is 8.42 Å². The molecule has 134 valence electrons. The van der Waals surface area contributed by atoms with Crippen LogP contribution >= 0.6 is 0 Å². The van der Waals surface area contributed by atoms with Crippen molar-refractivity contribution < 1.29 is 16.8 Å². The summed E-state index contributed by atoms with van der Waals surface area (Å²) in [5.74, 6) is 0.552. The fourth-order valence-electron chi connectivity index (χ4n) is 3.42. The predicted molar refractivity (Wildman–Crippen MR) is 89.4 cm³/mol. The van der Waals surface area contributed by atoms with Crippen molar-refractivity contribution >= 4 is 16.3 Å². The van der Waals surface area contributed by atoms with E-state index in [4.69, 9.17) is 8.37 Å². The number of hydrogen-bond acceptors (Lipinski definition) is 8. The minimum atomic E-state index is -4.11. The van der Waals surface area contributed by atoms with Gasteiger partial charge in [-0.15, -0.1) is 0 Å². The summed E-state index contributed by atoms with van der Waals surface area (Å²) in [5.41, 5.74) is 1.49. The largest absolute Gasteiger partial charge is 0.451 e. The van der Waals surface area contributed by atoms with Gasteiger partial charge in [0.25, 0.3) is 0 Å². The number of hydrogen-bond donors (Lipinski definition) is 0. The fourth-order valence-corrected chi connectivity index (χ4v) is 4.26. The number of nitrogens with zero attached hydrogens (tertiary/aromatic N) is 4. The van der Waals surface area contributed by atoms with E-state index in [0.29, 0.717) is 11.5 Å². The van der Waals surface area contributed by atoms with E-state index in [1.807, 2.05) is 14.1 Å². The summed E-state index contributed by atoms with van der Waals surface area (Å²) >= 11 is 0. The van der Waals surface area contributed by atoms with Crippen molar-refractivity contribution in [2.45, 2.75) is 45.3 Å². The smallest absolute Gasteiger partial charge is 0.347 e. The third-order valence-corrected chi connectivity index (χ3v) is 5.28. The summed E-state index contributed by atoms with van der Waals surface area (Å²) < 4.78 is 34.5. The lowest BCUT2D eigenvalue weighted by atomic mass is 9.88. The highest BCUT2D eigenvalue weighted by Crippen LogP contribution is 2.44. The molecule has 2 heterocycles. The van der Waals surface area contributed by atoms with Gasteiger partial charge in [-0.3, -0.25) is 4.90 Å². The summed E-state index contributed by atoms with van der Waals surface area (Å²) in [5, 5.41) is 0. The molecule has 0 fully saturated rings. The molecule has 2 atom stereocenters. The van der Waals surface area contributed by atoms with E-state index in [2.05, 4.69) is 28.7 Å². The van der Waals surface area contributed by atoms with Gasteiger partial charge in [0, 0.05) is 20.1 Å². The van der Waals surface area contributed by atoms with Crippen LogP contribution in [-0.2, 0) is 21.0 Å². The SMILES string of the molecule is CCCN(CC)C1CCc2nc(N(C)C)nc3c2C1OS(=O)(=O)O3. The zero-order valence-corrected chi connectivity index (χ0v) is 15.3. The van der Waals surface area contributed by atoms with Crippen molar-refractivity contribution in [2.75, 3.05) is 32.1 Å². The first kappa shape index (κ1) is 17.4. The van der Waals surface area contributed by atoms with E-state index < -0.39 is 16.5 Å². The monoisotopic (exact) mass is 356 g/mol. The van der Waals surface area contributed by atoms with Crippen LogP contribution in [0.15, 0.2) is 0 Å². The number of aryl methyl sites for hydroxylation is 1. The standard InChI is InChI=1S/C15H24N4O4S/c1-5-9-19(6-2)11-8-7-10-12-13(11)22-24(20,21)23-14(12)17-15(16-10)18(3)4/h11,13H,5-9H2,1-4H3. The van der Waals surface area contributed by atoms with Crippen LogP contribution in [0.25, 0.3) is 0 Å². The Morgan fingerprint density at radius 1 is 1.25 bits per heavy atom. The molecule has 0 spiro atoms. The second-order valence-corrected chi connectivity index (χ2v) is 7.50. The van der Waals surface area contributed by atoms with Crippen molar-refractivity contribution in [1.29, 1.82) is 0 Å². The lowest BCUT2D eigenvalue weighted by molar-refractivity contribution is 0.0418. The molecule has 0 amide bonds. The Bertz CT molecular complexity index is 722. The van der Waals surface area contributed by atoms with E-state index in [1.54, 1.807) is 4.90 Å². The van der Waals surface area contributed by atoms with E-state index in [1.165, 1.54) is 0 Å². The average molecular weight is 356 g/mol. The zero-order valence-electron chi connectivity index (χ0n) is 14.5. The molecule has 0 saturated carbocycles. The molecular weight excluding hydrogens is 332 g/mol. The van der Waals surface area contributed by atoms with Crippen molar-refractivity contribution in [2.24, 2.45) is 0 Å². The Morgan fingerprint density at radius 2 is 2.00 bits per heavy atom. The molecule has 0 aromatic carbocycles. The lowest BCUT2D eigenvalue weighted by Gasteiger charge is -2.41. The van der Waals surface area contributed by atoms with Crippen LogP contribution in [0.5, 0.6) is 5.88 Å². The van der Waals surface area contributed by atoms with Gasteiger partial charge in [0.1, 0.15) is 6.10 Å². The van der Waals surface area contributed by atoms with Crippen LogP contribution in [0.1, 0.15) is 44.1 Å². The molecule has 1 aliphatic heterocycles. The topological polar surface area (TPSA) is 84.9 Å². The van der Waals surface area contributed by atoms with Crippen LogP contribution in [0.3, 0.4) is 0 Å². The molecule has 9 heteroatoms. The first-order chi connectivity index (χ1) is 11.4. The highest BCUT2D eigenvalue weighted by molar-refractivity contribution is 7.82. The Kier molecular flexibility index (Phi) is 4.67. The molecule has 8 nitrogen and oxygen atoms in total. The zero-order chi connectivity index (χ0) is 17.5. The van der Waals surface area contributed by atoms with Crippen LogP contribution in [-0.4, -0.2) is 56.5 Å². The second-order valence-electron chi connectivity index (χ2n) is 6.33. The Morgan fingerprint density at radius 3 is 2.62 bits per heavy atom. The maximum absolute atomic E-state index is 12.1. The van der Waals surface area contributed by atoms with Gasteiger partial charge in [-0.25, -0.2) is 9.17 Å². The molecule has 0 bridgehead atoms. The minimum Gasteiger partial charge on any atom is -0.347 e. The molecule has 1 aliphatic carbocycles. The minimum absolute atomic E-state index is 0.0197. The van der Waals surface area contributed by atoms with E-state index in [0.717, 1.165) is 38.0 Å². The van der Waals surface area contributed by atoms with Gasteiger partial charge < -0.3 is 9.08 Å². The van der Waals surface area contributed by atoms with E-state index >= 15 is 0 Å². The summed E-state index contributed by atoms with van der Waals surface area (Å²) in [6.07, 6.45) is 1.94. The van der Waals surface area contributed by atoms with Crippen LogP contribution in [0, 0.1) is 0 Å². The molecule has 2 aliphatic rings. The molecule has 2 unspecified atom stereocenters. The molecule has 0 radical (unpaired) electrons. The molecule has 3 rings (SSSR count). The molecule has 1 aromatic heterocycles. The number of aromatic nitrogens is 2. The van der Waals surface area contributed by atoms with Gasteiger partial charge in [0.15, 0.2) is 0 Å². The van der Waals surface area contributed by atoms with Crippen molar-refractivity contribution in [3.63, 3.8) is 0 Å². The maximum atomic E-state index is 12.1. The van der Waals surface area contributed by atoms with Crippen LogP contribution in [0.4, 0.5) is 5.95 Å². The van der Waals surface area contributed by atoms with Crippen molar-refractivity contribution in [3.8, 4) is 5.88 Å². The maximum Gasteiger partial charge on any atom is 0.451 e. The highest BCUT2D eigenvalue weighted by Gasteiger charge is 2.45. The predicted octanol–water partition coefficient (Wildman–Crippen LogP) is 1.28. The third-order valence-electron chi connectivity index (χ3n) is 4.48. The molecule has 0 saturated heterocycles. The normalized spacial score (nSPS) is 24.4. The van der Waals surface area contributed by atoms with Gasteiger partial charge in [-0.2, -0.15) is 13.4 Å². The summed E-state index contributed by atoms with van der Waals surface area (Å²) in [4.78, 5) is 12.8. The van der Waals surface area contributed by atoms with E-state index in [-0.39, 0.29) is 11.9 Å². The fraction of sp³-hybridized carbons (Fsp3) is 0.733. The Labute approximate surface area is 143 Å². The average Bonchev–Trinajstić information content (AvgIpc) is 2.51. The molecule has 0 N–H and O–H groups in total. The summed E-state index contributed by atoms with van der Waals surface area (Å²) in [7, 11) is -0.486. The Hall–Kier alpha value is -1.45. The highest BCUT2D eigenvalue weighted by atomic mass is 32.3. The third kappa shape index (κ3) is 3.07. The Balaban J connectivity index is 2.09. The first-order valence-corrected chi connectivity index (χ1v) is 9.64. The van der Waals surface area contributed by atoms with Crippen molar-refractivity contribution in [3.05, 3.63) is 11.3 Å². The second kappa shape index (κ2) is 6.45. The quantitative estimate of drug-likeness (QED) is 0.780. The van der Waals surface area contributed by atoms with Gasteiger partial charge >= 0.3 is 10.4 Å². The van der Waals surface area contributed by atoms with Gasteiger partial charge in [0.05, 0.1) is 11.3 Å². The van der Waals surface area contributed by atoms with Gasteiger partial charge in [-0.05, 0) is 32.4 Å². The van der Waals surface area contributed by atoms with Gasteiger partial charge in [0.2, 0.25) is 11.8 Å². The molecular formula is C15H24N4O4S. The molecule has 24 heavy (non-hydrogen) atoms. The number of anilines is 1. The summed E-state index contributed by atoms with van der Waals surface area (Å²) in [6.45, 7) is 5.91. The van der Waals surface area contributed by atoms with Crippen LogP contribution in [0.2, 0.25) is 0 Å². The van der Waals surface area contributed by atoms with Crippen LogP contribution < -0.4 is 9.08 Å². The van der Waals surface area contributed by atoms with Crippen molar-refractivity contribution in [1.82, 2.24) is 14.9 Å². The lowest BCUT2D eigenvalue weighted by Crippen LogP contribution is -2.46. The first-order valence-electron chi connectivity index (χ1n) is 8.31. The number of likely N-dealkylation sites (N-methyl/N-ethyl adjacent to an activating group) is 1. The van der Waals surface area contributed by atoms with Gasteiger partial charge in [-0.1, -0.05) is 13.8 Å². The summed E-state index contributed by atoms with van der Waals surface area (Å²) in [6, 6.07) is -0.0197. The number of rotatable bonds is 5.